The van der Waals surface area contributed by atoms with Crippen LogP contribution in [0.3, 0.4) is 0 Å². The summed E-state index contributed by atoms with van der Waals surface area (Å²) in [5.74, 6) is 0.618. The molecule has 0 aliphatic heterocycles. The first-order chi connectivity index (χ1) is 5.65. The number of pyridine rings is 1. The lowest BCUT2D eigenvalue weighted by molar-refractivity contribution is 0.396. The molecule has 2 N–H and O–H groups in total. The number of hydrogen-bond donors (Lipinski definition) is 1. The molecule has 1 aromatic heterocycles. The molecule has 66 valence electrons. The fraction of sp³-hybridized carbons (Fsp3) is 0.444. The molecule has 1 heterocycles. The SMILES string of the molecule is COc1cc(C(C)N)c(C)cn1. The molecule has 0 aromatic carbocycles. The lowest BCUT2D eigenvalue weighted by atomic mass is 10.1. The van der Waals surface area contributed by atoms with Gasteiger partial charge in [0.2, 0.25) is 5.88 Å². The monoisotopic (exact) mass is 166 g/mol. The van der Waals surface area contributed by atoms with E-state index in [0.717, 1.165) is 11.1 Å². The Hall–Kier alpha value is -1.09. The largest absolute Gasteiger partial charge is 0.481 e. The Morgan fingerprint density at radius 1 is 1.58 bits per heavy atom. The van der Waals surface area contributed by atoms with Crippen molar-refractivity contribution in [1.29, 1.82) is 0 Å². The Morgan fingerprint density at radius 2 is 2.25 bits per heavy atom. The van der Waals surface area contributed by atoms with E-state index in [0.29, 0.717) is 5.88 Å². The summed E-state index contributed by atoms with van der Waals surface area (Å²) >= 11 is 0. The van der Waals surface area contributed by atoms with Gasteiger partial charge in [0.25, 0.3) is 0 Å². The fourth-order valence-electron chi connectivity index (χ4n) is 1.12. The Bertz CT molecular complexity index is 271. The van der Waals surface area contributed by atoms with Gasteiger partial charge in [0.05, 0.1) is 7.11 Å². The Balaban J connectivity index is 3.08. The summed E-state index contributed by atoms with van der Waals surface area (Å²) in [5, 5.41) is 0. The maximum atomic E-state index is 5.75. The first-order valence-corrected chi connectivity index (χ1v) is 3.91. The van der Waals surface area contributed by atoms with Crippen LogP contribution < -0.4 is 10.5 Å². The van der Waals surface area contributed by atoms with Crippen molar-refractivity contribution in [2.24, 2.45) is 5.73 Å². The molecule has 1 aromatic rings. The average molecular weight is 166 g/mol. The minimum atomic E-state index is 0.0295. The van der Waals surface area contributed by atoms with E-state index < -0.39 is 0 Å². The van der Waals surface area contributed by atoms with Gasteiger partial charge in [-0.3, -0.25) is 0 Å². The molecule has 0 amide bonds. The number of methoxy groups -OCH3 is 1. The van der Waals surface area contributed by atoms with E-state index >= 15 is 0 Å². The number of nitrogens with zero attached hydrogens (tertiary/aromatic N) is 1. The molecule has 0 radical (unpaired) electrons. The summed E-state index contributed by atoms with van der Waals surface area (Å²) in [7, 11) is 1.60. The highest BCUT2D eigenvalue weighted by atomic mass is 16.5. The van der Waals surface area contributed by atoms with Crippen LogP contribution >= 0.6 is 0 Å². The topological polar surface area (TPSA) is 48.1 Å². The second kappa shape index (κ2) is 3.54. The molecular formula is C9H14N2O. The number of hydrogen-bond acceptors (Lipinski definition) is 3. The lowest BCUT2D eigenvalue weighted by Crippen LogP contribution is -2.07. The summed E-state index contributed by atoms with van der Waals surface area (Å²) in [5.41, 5.74) is 7.94. The Labute approximate surface area is 72.6 Å². The molecule has 0 saturated carbocycles. The van der Waals surface area contributed by atoms with Crippen LogP contribution in [0.15, 0.2) is 12.3 Å². The van der Waals surface area contributed by atoms with Gasteiger partial charge in [0, 0.05) is 18.3 Å². The van der Waals surface area contributed by atoms with Crippen LogP contribution in [0.1, 0.15) is 24.1 Å². The summed E-state index contributed by atoms with van der Waals surface area (Å²) in [6, 6.07) is 1.90. The zero-order chi connectivity index (χ0) is 9.14. The average Bonchev–Trinajstić information content (AvgIpc) is 2.05. The molecule has 0 fully saturated rings. The summed E-state index contributed by atoms with van der Waals surface area (Å²) < 4.78 is 4.99. The number of aryl methyl sites for hydroxylation is 1. The molecule has 0 aliphatic carbocycles. The summed E-state index contributed by atoms with van der Waals surface area (Å²) in [4.78, 5) is 4.06. The minimum Gasteiger partial charge on any atom is -0.481 e. The molecule has 1 unspecified atom stereocenters. The third-order valence-electron chi connectivity index (χ3n) is 1.82. The van der Waals surface area contributed by atoms with Crippen molar-refractivity contribution in [3.8, 4) is 5.88 Å². The normalized spacial score (nSPS) is 12.7. The van der Waals surface area contributed by atoms with Crippen LogP contribution in [0.4, 0.5) is 0 Å². The van der Waals surface area contributed by atoms with Crippen LogP contribution in [-0.2, 0) is 0 Å². The molecule has 1 atom stereocenters. The van der Waals surface area contributed by atoms with Crippen LogP contribution in [0.5, 0.6) is 5.88 Å². The van der Waals surface area contributed by atoms with Gasteiger partial charge in [0.1, 0.15) is 0 Å². The van der Waals surface area contributed by atoms with Gasteiger partial charge in [-0.25, -0.2) is 4.98 Å². The van der Waals surface area contributed by atoms with Gasteiger partial charge in [0.15, 0.2) is 0 Å². The molecule has 3 heteroatoms. The predicted octanol–water partition coefficient (Wildman–Crippen LogP) is 1.42. The fourth-order valence-corrected chi connectivity index (χ4v) is 1.12. The molecule has 1 rings (SSSR count). The zero-order valence-corrected chi connectivity index (χ0v) is 7.66. The van der Waals surface area contributed by atoms with Gasteiger partial charge in [-0.05, 0) is 25.0 Å². The molecule has 0 saturated heterocycles. The van der Waals surface area contributed by atoms with E-state index in [9.17, 15) is 0 Å². The highest BCUT2D eigenvalue weighted by Crippen LogP contribution is 2.18. The van der Waals surface area contributed by atoms with E-state index in [1.54, 1.807) is 13.3 Å². The van der Waals surface area contributed by atoms with E-state index in [4.69, 9.17) is 10.5 Å². The van der Waals surface area contributed by atoms with Crippen molar-refractivity contribution in [2.75, 3.05) is 7.11 Å². The van der Waals surface area contributed by atoms with Crippen molar-refractivity contribution in [3.05, 3.63) is 23.4 Å². The standard InChI is InChI=1S/C9H14N2O/c1-6-5-11-9(12-3)4-8(6)7(2)10/h4-5,7H,10H2,1-3H3. The maximum absolute atomic E-state index is 5.75. The van der Waals surface area contributed by atoms with E-state index in [1.165, 1.54) is 0 Å². The van der Waals surface area contributed by atoms with Crippen molar-refractivity contribution < 1.29 is 4.74 Å². The first kappa shape index (κ1) is 9.00. The number of aromatic nitrogens is 1. The number of ether oxygens (including phenoxy) is 1. The summed E-state index contributed by atoms with van der Waals surface area (Å²) in [6.45, 7) is 3.94. The van der Waals surface area contributed by atoms with Crippen molar-refractivity contribution in [3.63, 3.8) is 0 Å². The van der Waals surface area contributed by atoms with E-state index in [1.807, 2.05) is 19.9 Å². The molecule has 0 bridgehead atoms. The molecule has 0 spiro atoms. The van der Waals surface area contributed by atoms with Gasteiger partial charge in [-0.1, -0.05) is 0 Å². The minimum absolute atomic E-state index is 0.0295. The van der Waals surface area contributed by atoms with Gasteiger partial charge >= 0.3 is 0 Å². The highest BCUT2D eigenvalue weighted by Gasteiger charge is 2.05. The van der Waals surface area contributed by atoms with Gasteiger partial charge in [-0.15, -0.1) is 0 Å². The van der Waals surface area contributed by atoms with Crippen LogP contribution in [0.2, 0.25) is 0 Å². The van der Waals surface area contributed by atoms with Gasteiger partial charge in [-0.2, -0.15) is 0 Å². The van der Waals surface area contributed by atoms with Crippen LogP contribution in [0, 0.1) is 6.92 Å². The zero-order valence-electron chi connectivity index (χ0n) is 7.66. The molecule has 3 nitrogen and oxygen atoms in total. The first-order valence-electron chi connectivity index (χ1n) is 3.91. The highest BCUT2D eigenvalue weighted by molar-refractivity contribution is 5.30. The van der Waals surface area contributed by atoms with Crippen molar-refractivity contribution in [2.45, 2.75) is 19.9 Å². The van der Waals surface area contributed by atoms with Crippen LogP contribution in [0.25, 0.3) is 0 Å². The summed E-state index contributed by atoms with van der Waals surface area (Å²) in [6.07, 6.45) is 1.78. The van der Waals surface area contributed by atoms with Crippen LogP contribution in [-0.4, -0.2) is 12.1 Å². The van der Waals surface area contributed by atoms with E-state index in [2.05, 4.69) is 4.98 Å². The maximum Gasteiger partial charge on any atom is 0.213 e. The predicted molar refractivity (Wildman–Crippen MR) is 48.1 cm³/mol. The second-order valence-electron chi connectivity index (χ2n) is 2.87. The second-order valence-corrected chi connectivity index (χ2v) is 2.87. The van der Waals surface area contributed by atoms with Gasteiger partial charge < -0.3 is 10.5 Å². The van der Waals surface area contributed by atoms with Crippen molar-refractivity contribution >= 4 is 0 Å². The lowest BCUT2D eigenvalue weighted by Gasteiger charge is -2.09. The Kier molecular flexibility index (Phi) is 2.65. The third-order valence-corrected chi connectivity index (χ3v) is 1.82. The third kappa shape index (κ3) is 1.74. The van der Waals surface area contributed by atoms with Crippen molar-refractivity contribution in [1.82, 2.24) is 4.98 Å². The number of nitrogens with two attached hydrogens (primary N) is 1. The molecular weight excluding hydrogens is 152 g/mol. The molecule has 0 aliphatic rings. The Morgan fingerprint density at radius 3 is 2.75 bits per heavy atom. The number of rotatable bonds is 2. The molecule has 12 heavy (non-hydrogen) atoms. The quantitative estimate of drug-likeness (QED) is 0.722. The van der Waals surface area contributed by atoms with E-state index in [-0.39, 0.29) is 6.04 Å². The smallest absolute Gasteiger partial charge is 0.213 e.